The lowest BCUT2D eigenvalue weighted by atomic mass is 9.39. The highest BCUT2D eigenvalue weighted by Crippen LogP contribution is 2.69. The lowest BCUT2D eigenvalue weighted by molar-refractivity contribution is -0.255. The molecule has 0 spiro atoms. The first-order chi connectivity index (χ1) is 17.9. The first kappa shape index (κ1) is 29.4. The van der Waals surface area contributed by atoms with E-state index in [1.54, 1.807) is 0 Å². The van der Waals surface area contributed by atoms with Gasteiger partial charge in [0.25, 0.3) is 0 Å². The van der Waals surface area contributed by atoms with Crippen molar-refractivity contribution in [1.82, 2.24) is 0 Å². The Morgan fingerprint density at radius 1 is 0.868 bits per heavy atom. The third kappa shape index (κ3) is 5.78. The number of hydrogen-bond donors (Lipinski definition) is 0. The third-order valence-electron chi connectivity index (χ3n) is 12.5. The van der Waals surface area contributed by atoms with Crippen molar-refractivity contribution in [1.29, 1.82) is 0 Å². The summed E-state index contributed by atoms with van der Waals surface area (Å²) in [4.78, 5) is 0. The van der Waals surface area contributed by atoms with Gasteiger partial charge in [0.15, 0.2) is 0 Å². The van der Waals surface area contributed by atoms with Crippen molar-refractivity contribution in [2.24, 2.45) is 51.8 Å². The zero-order valence-electron chi connectivity index (χ0n) is 26.5. The predicted molar refractivity (Wildman–Crippen MR) is 157 cm³/mol. The van der Waals surface area contributed by atoms with Crippen LogP contribution in [0.5, 0.6) is 0 Å². The Bertz CT molecular complexity index is 771. The van der Waals surface area contributed by atoms with Crippen LogP contribution in [0.3, 0.4) is 0 Å². The van der Waals surface area contributed by atoms with Crippen molar-refractivity contribution in [2.45, 2.75) is 157 Å². The summed E-state index contributed by atoms with van der Waals surface area (Å²) in [5, 5.41) is 0. The molecule has 38 heavy (non-hydrogen) atoms. The molecule has 0 heterocycles. The number of hydrogen-bond acceptors (Lipinski definition) is 3. The van der Waals surface area contributed by atoms with E-state index in [4.69, 9.17) is 14.2 Å². The molecule has 0 radical (unpaired) electrons. The van der Waals surface area contributed by atoms with Gasteiger partial charge in [-0.3, -0.25) is 0 Å². The van der Waals surface area contributed by atoms with Crippen LogP contribution in [0, 0.1) is 51.8 Å². The molecular weight excluding hydrogens is 468 g/mol. The van der Waals surface area contributed by atoms with Gasteiger partial charge in [-0.1, -0.05) is 67.2 Å². The van der Waals surface area contributed by atoms with E-state index in [1.807, 2.05) is 0 Å². The van der Waals surface area contributed by atoms with Crippen LogP contribution >= 0.6 is 0 Å². The molecule has 5 aliphatic rings. The Labute approximate surface area is 235 Å². The fourth-order valence-electron chi connectivity index (χ4n) is 9.81. The maximum absolute atomic E-state index is 7.64. The summed E-state index contributed by atoms with van der Waals surface area (Å²) in [6.07, 6.45) is 17.7. The molecule has 220 valence electrons. The van der Waals surface area contributed by atoms with Crippen LogP contribution in [0.15, 0.2) is 0 Å². The summed E-state index contributed by atoms with van der Waals surface area (Å²) in [7, 11) is 0. The second-order valence-corrected chi connectivity index (χ2v) is 16.9. The average molecular weight is 531 g/mol. The molecule has 5 atom stereocenters. The minimum Gasteiger partial charge on any atom is -0.371 e. The zero-order chi connectivity index (χ0) is 27.3. The first-order valence-corrected chi connectivity index (χ1v) is 16.7. The topological polar surface area (TPSA) is 27.7 Å². The predicted octanol–water partition coefficient (Wildman–Crippen LogP) is 9.42. The van der Waals surface area contributed by atoms with Gasteiger partial charge in [0.05, 0.1) is 24.4 Å². The Balaban J connectivity index is 1.36. The average Bonchev–Trinajstić information content (AvgIpc) is 3.66. The second kappa shape index (κ2) is 10.9. The van der Waals surface area contributed by atoms with Gasteiger partial charge in [-0.25, -0.2) is 0 Å². The van der Waals surface area contributed by atoms with Crippen LogP contribution in [0.1, 0.15) is 139 Å². The molecule has 0 bridgehead atoms. The summed E-state index contributed by atoms with van der Waals surface area (Å²) < 4.78 is 20.5. The van der Waals surface area contributed by atoms with Gasteiger partial charge in [-0.05, 0) is 118 Å². The van der Waals surface area contributed by atoms with E-state index < -0.39 is 0 Å². The normalized spacial score (nSPS) is 36.9. The fraction of sp³-hybridized carbons (Fsp3) is 1.00. The smallest absolute Gasteiger partial charge is 0.147 e. The van der Waals surface area contributed by atoms with E-state index in [2.05, 4.69) is 55.4 Å². The van der Waals surface area contributed by atoms with Crippen LogP contribution in [-0.4, -0.2) is 31.2 Å². The molecule has 0 N–H and O–H groups in total. The molecule has 5 fully saturated rings. The Morgan fingerprint density at radius 2 is 1.50 bits per heavy atom. The maximum Gasteiger partial charge on any atom is 0.147 e. The molecule has 3 heteroatoms. The summed E-state index contributed by atoms with van der Waals surface area (Å²) in [5.41, 5.74) is 0.367. The van der Waals surface area contributed by atoms with Crippen molar-refractivity contribution in [3.8, 4) is 0 Å². The molecule has 5 rings (SSSR count). The van der Waals surface area contributed by atoms with Gasteiger partial charge < -0.3 is 14.2 Å². The maximum atomic E-state index is 7.64. The van der Waals surface area contributed by atoms with Crippen LogP contribution < -0.4 is 0 Å². The Hall–Kier alpha value is -0.120. The van der Waals surface area contributed by atoms with Gasteiger partial charge in [0.2, 0.25) is 0 Å². The van der Waals surface area contributed by atoms with Crippen LogP contribution in [0.4, 0.5) is 0 Å². The quantitative estimate of drug-likeness (QED) is 0.175. The van der Waals surface area contributed by atoms with Gasteiger partial charge in [0.1, 0.15) is 6.79 Å². The highest BCUT2D eigenvalue weighted by Gasteiger charge is 2.63. The molecule has 0 aromatic heterocycles. The number of rotatable bonds is 13. The summed E-state index contributed by atoms with van der Waals surface area (Å²) in [6.45, 7) is 20.8. The van der Waals surface area contributed by atoms with E-state index in [-0.39, 0.29) is 27.9 Å². The summed E-state index contributed by atoms with van der Waals surface area (Å²) >= 11 is 0. The standard InChI is InChI=1S/C35H62O3/c1-9-24(2)35(21-32(3,4)5,22-36-23-37-29-13-11-10-12-14-29)31(25-15-16-25)38-33(6,7)34(8)19-27-17-26-18-28(20-34)30(26)27/h24-31H,9-23H2,1-8H3. The first-order valence-electron chi connectivity index (χ1n) is 16.7. The van der Waals surface area contributed by atoms with Crippen LogP contribution in [0.25, 0.3) is 0 Å². The highest BCUT2D eigenvalue weighted by molar-refractivity contribution is 5.12. The lowest BCUT2D eigenvalue weighted by Gasteiger charge is -2.68. The second-order valence-electron chi connectivity index (χ2n) is 16.9. The molecule has 0 amide bonds. The molecule has 3 nitrogen and oxygen atoms in total. The number of ether oxygens (including phenoxy) is 3. The van der Waals surface area contributed by atoms with E-state index in [1.165, 1.54) is 77.0 Å². The van der Waals surface area contributed by atoms with Gasteiger partial charge in [-0.2, -0.15) is 0 Å². The molecule has 0 saturated heterocycles. The largest absolute Gasteiger partial charge is 0.371 e. The van der Waals surface area contributed by atoms with Crippen molar-refractivity contribution in [3.05, 3.63) is 0 Å². The lowest BCUT2D eigenvalue weighted by Crippen LogP contribution is -2.63. The summed E-state index contributed by atoms with van der Waals surface area (Å²) in [5.74, 6) is 5.29. The van der Waals surface area contributed by atoms with Crippen molar-refractivity contribution in [2.75, 3.05) is 13.4 Å². The van der Waals surface area contributed by atoms with Crippen LogP contribution in [-0.2, 0) is 14.2 Å². The SMILES string of the molecule is CCC(C)C(COCOC1CCCCC1)(CC(C)(C)C)C(OC(C)(C)C1(C)CC2CC3CC(C1)C32)C1CC1. The molecule has 0 aliphatic heterocycles. The summed E-state index contributed by atoms with van der Waals surface area (Å²) in [6, 6.07) is 0. The fourth-order valence-corrected chi connectivity index (χ4v) is 9.81. The molecule has 5 unspecified atom stereocenters. The Morgan fingerprint density at radius 3 is 2.03 bits per heavy atom. The molecular formula is C35H62O3. The molecule has 5 aliphatic carbocycles. The van der Waals surface area contributed by atoms with Gasteiger partial charge in [-0.15, -0.1) is 0 Å². The monoisotopic (exact) mass is 530 g/mol. The molecule has 5 saturated carbocycles. The Kier molecular flexibility index (Phi) is 8.46. The van der Waals surface area contributed by atoms with E-state index in [9.17, 15) is 0 Å². The zero-order valence-corrected chi connectivity index (χ0v) is 26.5. The third-order valence-corrected chi connectivity index (χ3v) is 12.5. The highest BCUT2D eigenvalue weighted by atomic mass is 16.7. The van der Waals surface area contributed by atoms with Crippen molar-refractivity contribution in [3.63, 3.8) is 0 Å². The minimum atomic E-state index is -0.124. The molecule has 0 aromatic carbocycles. The van der Waals surface area contributed by atoms with E-state index >= 15 is 0 Å². The van der Waals surface area contributed by atoms with E-state index in [0.717, 1.165) is 36.7 Å². The van der Waals surface area contributed by atoms with Crippen molar-refractivity contribution >= 4 is 0 Å². The van der Waals surface area contributed by atoms with Crippen molar-refractivity contribution < 1.29 is 14.2 Å². The van der Waals surface area contributed by atoms with Gasteiger partial charge in [0, 0.05) is 5.41 Å². The van der Waals surface area contributed by atoms with E-state index in [0.29, 0.717) is 24.7 Å². The molecule has 0 aromatic rings. The minimum absolute atomic E-state index is 0.00690. The van der Waals surface area contributed by atoms with Gasteiger partial charge >= 0.3 is 0 Å². The van der Waals surface area contributed by atoms with Crippen LogP contribution in [0.2, 0.25) is 0 Å².